The van der Waals surface area contributed by atoms with E-state index in [1.165, 1.54) is 6.42 Å². The van der Waals surface area contributed by atoms with E-state index in [1.807, 2.05) is 48.5 Å². The second-order valence-electron chi connectivity index (χ2n) is 9.20. The van der Waals surface area contributed by atoms with Gasteiger partial charge in [-0.25, -0.2) is 4.68 Å². The molecule has 0 bridgehead atoms. The lowest BCUT2D eigenvalue weighted by atomic mass is 9.94. The summed E-state index contributed by atoms with van der Waals surface area (Å²) in [6, 6.07) is 14.4. The number of carbonyl (C=O) groups is 2. The molecule has 4 rings (SSSR count). The molecule has 1 N–H and O–H groups in total. The Bertz CT molecular complexity index is 1140. The quantitative estimate of drug-likeness (QED) is 0.471. The van der Waals surface area contributed by atoms with Gasteiger partial charge in [0.15, 0.2) is 0 Å². The summed E-state index contributed by atoms with van der Waals surface area (Å²) in [5, 5.41) is 11.6. The topological polar surface area (TPSA) is 89.4 Å². The lowest BCUT2D eigenvalue weighted by molar-refractivity contribution is -0.142. The molecular weight excluding hydrogens is 442 g/mol. The summed E-state index contributed by atoms with van der Waals surface area (Å²) < 4.78 is 7.04. The molecule has 2 aromatic carbocycles. The van der Waals surface area contributed by atoms with Crippen LogP contribution in [0.4, 0.5) is 0 Å². The van der Waals surface area contributed by atoms with Gasteiger partial charge in [0.05, 0.1) is 12.6 Å². The Morgan fingerprint density at radius 3 is 2.71 bits per heavy atom. The van der Waals surface area contributed by atoms with Crippen LogP contribution < -0.4 is 10.1 Å². The molecule has 186 valence electrons. The van der Waals surface area contributed by atoms with E-state index in [0.717, 1.165) is 55.1 Å². The van der Waals surface area contributed by atoms with Crippen molar-refractivity contribution in [1.29, 1.82) is 0 Å². The Morgan fingerprint density at radius 2 is 1.94 bits per heavy atom. The zero-order chi connectivity index (χ0) is 24.6. The molecule has 1 saturated carbocycles. The van der Waals surface area contributed by atoms with Crippen molar-refractivity contribution in [3.05, 3.63) is 54.1 Å². The third-order valence-corrected chi connectivity index (χ3v) is 6.70. The molecule has 1 atom stereocenters. The predicted molar refractivity (Wildman–Crippen MR) is 135 cm³/mol. The number of amides is 2. The van der Waals surface area contributed by atoms with Crippen molar-refractivity contribution < 1.29 is 14.3 Å². The van der Waals surface area contributed by atoms with Gasteiger partial charge in [0.2, 0.25) is 11.8 Å². The van der Waals surface area contributed by atoms with Crippen LogP contribution in [0.15, 0.2) is 48.5 Å². The second-order valence-corrected chi connectivity index (χ2v) is 9.20. The molecule has 0 spiro atoms. The highest BCUT2D eigenvalue weighted by molar-refractivity contribution is 5.89. The first kappa shape index (κ1) is 24.7. The first-order valence-electron chi connectivity index (χ1n) is 12.6. The highest BCUT2D eigenvalue weighted by Crippen LogP contribution is 2.27. The van der Waals surface area contributed by atoms with Crippen LogP contribution in [0.2, 0.25) is 0 Å². The number of nitrogens with one attached hydrogen (secondary N) is 1. The van der Waals surface area contributed by atoms with Crippen molar-refractivity contribution in [2.45, 2.75) is 70.5 Å². The molecule has 1 aromatic heterocycles. The van der Waals surface area contributed by atoms with E-state index in [-0.39, 0.29) is 24.4 Å². The molecule has 0 radical (unpaired) electrons. The molecule has 0 saturated heterocycles. The summed E-state index contributed by atoms with van der Waals surface area (Å²) in [7, 11) is 1.60. The molecule has 8 heteroatoms. The van der Waals surface area contributed by atoms with Crippen LogP contribution in [0.25, 0.3) is 11.0 Å². The van der Waals surface area contributed by atoms with E-state index in [9.17, 15) is 9.59 Å². The van der Waals surface area contributed by atoms with E-state index < -0.39 is 6.04 Å². The summed E-state index contributed by atoms with van der Waals surface area (Å²) in [4.78, 5) is 29.2. The van der Waals surface area contributed by atoms with E-state index in [2.05, 4.69) is 22.6 Å². The molecule has 1 fully saturated rings. The maximum atomic E-state index is 13.8. The van der Waals surface area contributed by atoms with Gasteiger partial charge in [-0.1, -0.05) is 62.1 Å². The number of ether oxygens (including phenoxy) is 1. The summed E-state index contributed by atoms with van der Waals surface area (Å²) >= 11 is 0. The Morgan fingerprint density at radius 1 is 1.14 bits per heavy atom. The lowest BCUT2D eigenvalue weighted by Gasteiger charge is -2.33. The summed E-state index contributed by atoms with van der Waals surface area (Å²) in [5.74, 6) is 0.349. The minimum Gasteiger partial charge on any atom is -0.497 e. The smallest absolute Gasteiger partial charge is 0.247 e. The largest absolute Gasteiger partial charge is 0.497 e. The summed E-state index contributed by atoms with van der Waals surface area (Å²) in [6.07, 6.45) is 7.10. The zero-order valence-electron chi connectivity index (χ0n) is 20.7. The van der Waals surface area contributed by atoms with Crippen molar-refractivity contribution in [3.8, 4) is 5.75 Å². The maximum Gasteiger partial charge on any atom is 0.247 e. The number of para-hydroxylation sites is 1. The van der Waals surface area contributed by atoms with Gasteiger partial charge in [-0.2, -0.15) is 0 Å². The number of rotatable bonds is 10. The van der Waals surface area contributed by atoms with E-state index in [4.69, 9.17) is 4.74 Å². The molecule has 0 aliphatic heterocycles. The Balaban J connectivity index is 1.66. The minimum atomic E-state index is -0.749. The monoisotopic (exact) mass is 477 g/mol. The number of hydrogen-bond acceptors (Lipinski definition) is 5. The molecular formula is C27H35N5O3. The van der Waals surface area contributed by atoms with Crippen LogP contribution >= 0.6 is 0 Å². The average Bonchev–Trinajstić information content (AvgIpc) is 3.29. The molecule has 1 aliphatic rings. The van der Waals surface area contributed by atoms with Gasteiger partial charge in [-0.3, -0.25) is 9.59 Å². The molecule has 8 nitrogen and oxygen atoms in total. The van der Waals surface area contributed by atoms with Gasteiger partial charge >= 0.3 is 0 Å². The van der Waals surface area contributed by atoms with Crippen LogP contribution in [-0.4, -0.2) is 51.4 Å². The standard InChI is InChI=1S/C27H35N5O3/c1-3-4-17-31(25(33)19-32-24-16-9-8-15-23(24)29-30-32)26(20-11-10-14-22(18-20)35-2)27(34)28-21-12-6-5-7-13-21/h8-11,14-16,18,21,26H,3-7,12-13,17,19H2,1-2H3,(H,28,34)/t26-/m1/s1. The Kier molecular flexibility index (Phi) is 8.34. The van der Waals surface area contributed by atoms with Crippen LogP contribution in [0.3, 0.4) is 0 Å². The van der Waals surface area contributed by atoms with E-state index >= 15 is 0 Å². The third kappa shape index (κ3) is 5.99. The normalized spacial score (nSPS) is 15.0. The SMILES string of the molecule is CCCCN(C(=O)Cn1nnc2ccccc21)[C@@H](C(=O)NC1CCCCC1)c1cccc(OC)c1. The number of methoxy groups -OCH3 is 1. The number of benzene rings is 2. The third-order valence-electron chi connectivity index (χ3n) is 6.70. The molecule has 1 aliphatic carbocycles. The molecule has 2 amide bonds. The Hall–Kier alpha value is -3.42. The zero-order valence-corrected chi connectivity index (χ0v) is 20.7. The van der Waals surface area contributed by atoms with Gasteiger partial charge in [0.25, 0.3) is 0 Å². The number of fused-ring (bicyclic) bond motifs is 1. The lowest BCUT2D eigenvalue weighted by Crippen LogP contribution is -2.48. The van der Waals surface area contributed by atoms with Crippen LogP contribution in [0.1, 0.15) is 63.5 Å². The average molecular weight is 478 g/mol. The number of hydrogen-bond donors (Lipinski definition) is 1. The van der Waals surface area contributed by atoms with Crippen LogP contribution in [0, 0.1) is 0 Å². The van der Waals surface area contributed by atoms with Gasteiger partial charge < -0.3 is 15.0 Å². The molecule has 35 heavy (non-hydrogen) atoms. The second kappa shape index (κ2) is 11.8. The van der Waals surface area contributed by atoms with Crippen LogP contribution in [0.5, 0.6) is 5.75 Å². The predicted octanol–water partition coefficient (Wildman–Crippen LogP) is 4.26. The molecule has 0 unspecified atom stereocenters. The first-order chi connectivity index (χ1) is 17.1. The molecule has 3 aromatic rings. The number of unbranched alkanes of at least 4 members (excludes halogenated alkanes) is 1. The highest BCUT2D eigenvalue weighted by Gasteiger charge is 2.33. The van der Waals surface area contributed by atoms with Crippen molar-refractivity contribution in [2.24, 2.45) is 0 Å². The number of nitrogens with zero attached hydrogens (tertiary/aromatic N) is 4. The number of carbonyl (C=O) groups excluding carboxylic acids is 2. The van der Waals surface area contributed by atoms with E-state index in [1.54, 1.807) is 16.7 Å². The van der Waals surface area contributed by atoms with Crippen molar-refractivity contribution in [1.82, 2.24) is 25.2 Å². The van der Waals surface area contributed by atoms with E-state index in [0.29, 0.717) is 12.3 Å². The Labute approximate surface area is 206 Å². The van der Waals surface area contributed by atoms with Gasteiger partial charge in [0.1, 0.15) is 23.9 Å². The maximum absolute atomic E-state index is 13.8. The first-order valence-corrected chi connectivity index (χ1v) is 12.6. The fourth-order valence-corrected chi connectivity index (χ4v) is 4.79. The van der Waals surface area contributed by atoms with Crippen molar-refractivity contribution >= 4 is 22.8 Å². The van der Waals surface area contributed by atoms with Gasteiger partial charge in [-0.05, 0) is 49.1 Å². The van der Waals surface area contributed by atoms with Crippen molar-refractivity contribution in [2.75, 3.05) is 13.7 Å². The summed E-state index contributed by atoms with van der Waals surface area (Å²) in [6.45, 7) is 2.57. The minimum absolute atomic E-state index is 0.0153. The van der Waals surface area contributed by atoms with Gasteiger partial charge in [0, 0.05) is 12.6 Å². The fourth-order valence-electron chi connectivity index (χ4n) is 4.79. The highest BCUT2D eigenvalue weighted by atomic mass is 16.5. The summed E-state index contributed by atoms with van der Waals surface area (Å²) in [5.41, 5.74) is 2.27. The molecule has 1 heterocycles. The van der Waals surface area contributed by atoms with Gasteiger partial charge in [-0.15, -0.1) is 5.10 Å². The fraction of sp³-hybridized carbons (Fsp3) is 0.481. The van der Waals surface area contributed by atoms with Crippen molar-refractivity contribution in [3.63, 3.8) is 0 Å². The van der Waals surface area contributed by atoms with Crippen LogP contribution in [-0.2, 0) is 16.1 Å². The number of aromatic nitrogens is 3.